The zero-order valence-corrected chi connectivity index (χ0v) is 16.3. The van der Waals surface area contributed by atoms with Crippen LogP contribution in [-0.4, -0.2) is 35.6 Å². The maximum atomic E-state index is 12.0. The third-order valence-corrected chi connectivity index (χ3v) is 4.73. The number of thioether (sulfide) groups is 1. The molecular weight excluding hydrogens is 386 g/mol. The van der Waals surface area contributed by atoms with Gasteiger partial charge in [-0.05, 0) is 30.7 Å². The monoisotopic (exact) mass is 407 g/mol. The summed E-state index contributed by atoms with van der Waals surface area (Å²) < 4.78 is 10.1. The molecule has 28 heavy (non-hydrogen) atoms. The standard InChI is InChI=1S/C18H21N3O6S/c1-12(18(23)19-9-14-4-3-7-27-14)20-17(22)11-28-10-13-5-6-16(26-2)15(8-13)21(24)25/h3-8,12H,9-11H2,1-2H3,(H,19,23)(H,20,22). The highest BCUT2D eigenvalue weighted by Gasteiger charge is 2.17. The summed E-state index contributed by atoms with van der Waals surface area (Å²) in [4.78, 5) is 34.5. The molecule has 0 radical (unpaired) electrons. The van der Waals surface area contributed by atoms with Crippen LogP contribution in [0.4, 0.5) is 5.69 Å². The van der Waals surface area contributed by atoms with E-state index in [1.165, 1.54) is 37.3 Å². The number of hydrogen-bond acceptors (Lipinski definition) is 7. The van der Waals surface area contributed by atoms with Crippen molar-refractivity contribution in [3.63, 3.8) is 0 Å². The molecule has 9 nitrogen and oxygen atoms in total. The molecule has 1 heterocycles. The zero-order valence-electron chi connectivity index (χ0n) is 15.5. The average Bonchev–Trinajstić information content (AvgIpc) is 3.19. The minimum Gasteiger partial charge on any atom is -0.490 e. The molecule has 2 amide bonds. The molecule has 0 fully saturated rings. The SMILES string of the molecule is COc1ccc(CSCC(=O)NC(C)C(=O)NCc2ccco2)cc1[N+](=O)[O-]. The van der Waals surface area contributed by atoms with E-state index in [2.05, 4.69) is 10.6 Å². The maximum absolute atomic E-state index is 12.0. The first-order valence-electron chi connectivity index (χ1n) is 8.39. The van der Waals surface area contributed by atoms with Gasteiger partial charge >= 0.3 is 5.69 Å². The lowest BCUT2D eigenvalue weighted by Gasteiger charge is -2.13. The normalized spacial score (nSPS) is 11.5. The Kier molecular flexibility index (Phi) is 7.88. The summed E-state index contributed by atoms with van der Waals surface area (Å²) in [6.45, 7) is 1.84. The molecule has 2 rings (SSSR count). The number of amides is 2. The van der Waals surface area contributed by atoms with Crippen LogP contribution in [0.2, 0.25) is 0 Å². The highest BCUT2D eigenvalue weighted by molar-refractivity contribution is 7.99. The van der Waals surface area contributed by atoms with Crippen LogP contribution in [-0.2, 0) is 21.9 Å². The fourth-order valence-electron chi connectivity index (χ4n) is 2.32. The second kappa shape index (κ2) is 10.4. The minimum atomic E-state index is -0.690. The Hall–Kier alpha value is -3.01. The molecule has 1 aromatic heterocycles. The Morgan fingerprint density at radius 2 is 2.14 bits per heavy atom. The van der Waals surface area contributed by atoms with Gasteiger partial charge in [-0.3, -0.25) is 19.7 Å². The zero-order chi connectivity index (χ0) is 20.5. The molecule has 0 saturated heterocycles. The lowest BCUT2D eigenvalue weighted by Crippen LogP contribution is -2.45. The number of ether oxygens (including phenoxy) is 1. The lowest BCUT2D eigenvalue weighted by molar-refractivity contribution is -0.385. The summed E-state index contributed by atoms with van der Waals surface area (Å²) >= 11 is 1.29. The van der Waals surface area contributed by atoms with E-state index >= 15 is 0 Å². The number of methoxy groups -OCH3 is 1. The van der Waals surface area contributed by atoms with Gasteiger partial charge in [0.25, 0.3) is 0 Å². The van der Waals surface area contributed by atoms with Gasteiger partial charge < -0.3 is 19.8 Å². The first-order valence-corrected chi connectivity index (χ1v) is 9.54. The Labute approximate surface area is 166 Å². The van der Waals surface area contributed by atoms with Gasteiger partial charge in [-0.1, -0.05) is 6.07 Å². The van der Waals surface area contributed by atoms with Gasteiger partial charge in [0.15, 0.2) is 5.75 Å². The predicted molar refractivity (Wildman–Crippen MR) is 104 cm³/mol. The van der Waals surface area contributed by atoms with E-state index < -0.39 is 11.0 Å². The predicted octanol–water partition coefficient (Wildman–Crippen LogP) is 2.25. The van der Waals surface area contributed by atoms with Gasteiger partial charge in [0.2, 0.25) is 11.8 Å². The summed E-state index contributed by atoms with van der Waals surface area (Å²) in [5.41, 5.74) is 0.585. The van der Waals surface area contributed by atoms with Gasteiger partial charge in [0.05, 0.1) is 30.6 Å². The Bertz CT molecular complexity index is 825. The number of carbonyl (C=O) groups excluding carboxylic acids is 2. The van der Waals surface area contributed by atoms with Crippen molar-refractivity contribution < 1.29 is 23.7 Å². The lowest BCUT2D eigenvalue weighted by atomic mass is 10.2. The number of benzene rings is 1. The summed E-state index contributed by atoms with van der Waals surface area (Å²) in [6.07, 6.45) is 1.52. The Morgan fingerprint density at radius 1 is 1.36 bits per heavy atom. The number of nitrogens with zero attached hydrogens (tertiary/aromatic N) is 1. The Balaban J connectivity index is 1.75. The van der Waals surface area contributed by atoms with Crippen LogP contribution in [0.3, 0.4) is 0 Å². The second-order valence-corrected chi connectivity index (χ2v) is 6.83. The molecule has 1 aromatic carbocycles. The van der Waals surface area contributed by atoms with E-state index in [1.54, 1.807) is 25.1 Å². The van der Waals surface area contributed by atoms with Gasteiger partial charge in [-0.25, -0.2) is 0 Å². The maximum Gasteiger partial charge on any atom is 0.311 e. The topological polar surface area (TPSA) is 124 Å². The fraction of sp³-hybridized carbons (Fsp3) is 0.333. The highest BCUT2D eigenvalue weighted by atomic mass is 32.2. The van der Waals surface area contributed by atoms with Crippen LogP contribution in [0, 0.1) is 10.1 Å². The number of furan rings is 1. The molecule has 1 unspecified atom stereocenters. The molecule has 0 spiro atoms. The van der Waals surface area contributed by atoms with E-state index in [4.69, 9.17) is 9.15 Å². The van der Waals surface area contributed by atoms with E-state index in [9.17, 15) is 19.7 Å². The quantitative estimate of drug-likeness (QED) is 0.457. The number of carbonyl (C=O) groups is 2. The van der Waals surface area contributed by atoms with Crippen LogP contribution >= 0.6 is 11.8 Å². The van der Waals surface area contributed by atoms with E-state index in [0.29, 0.717) is 17.1 Å². The van der Waals surface area contributed by atoms with Crippen LogP contribution in [0.25, 0.3) is 0 Å². The van der Waals surface area contributed by atoms with Crippen LogP contribution in [0.1, 0.15) is 18.2 Å². The summed E-state index contributed by atoms with van der Waals surface area (Å²) in [7, 11) is 1.37. The third-order valence-electron chi connectivity index (χ3n) is 3.73. The van der Waals surface area contributed by atoms with Crippen molar-refractivity contribution in [1.29, 1.82) is 0 Å². The molecule has 0 aliphatic rings. The number of nitro groups is 1. The summed E-state index contributed by atoms with van der Waals surface area (Å²) in [6, 6.07) is 7.44. The fourth-order valence-corrected chi connectivity index (χ4v) is 3.10. The summed E-state index contributed by atoms with van der Waals surface area (Å²) in [5.74, 6) is 0.725. The van der Waals surface area contributed by atoms with Gasteiger partial charge in [-0.2, -0.15) is 0 Å². The van der Waals surface area contributed by atoms with E-state index in [0.717, 1.165) is 0 Å². The molecule has 2 N–H and O–H groups in total. The number of hydrogen-bond donors (Lipinski definition) is 2. The first kappa shape index (κ1) is 21.3. The van der Waals surface area contributed by atoms with Crippen molar-refractivity contribution in [3.05, 3.63) is 58.0 Å². The molecule has 0 saturated carbocycles. The molecule has 150 valence electrons. The van der Waals surface area contributed by atoms with Gasteiger partial charge in [0, 0.05) is 11.8 Å². The molecule has 1 atom stereocenters. The largest absolute Gasteiger partial charge is 0.490 e. The van der Waals surface area contributed by atoms with Crippen LogP contribution < -0.4 is 15.4 Å². The van der Waals surface area contributed by atoms with Crippen LogP contribution in [0.5, 0.6) is 5.75 Å². The molecule has 0 bridgehead atoms. The number of nitro benzene ring substituents is 1. The van der Waals surface area contributed by atoms with Crippen LogP contribution in [0.15, 0.2) is 41.0 Å². The van der Waals surface area contributed by atoms with Crippen molar-refractivity contribution in [3.8, 4) is 5.75 Å². The van der Waals surface area contributed by atoms with E-state index in [-0.39, 0.29) is 35.5 Å². The number of rotatable bonds is 10. The third kappa shape index (κ3) is 6.31. The number of nitrogens with one attached hydrogen (secondary N) is 2. The van der Waals surface area contributed by atoms with Crippen molar-refractivity contribution >= 4 is 29.3 Å². The molecule has 0 aliphatic carbocycles. The Morgan fingerprint density at radius 3 is 2.79 bits per heavy atom. The first-order chi connectivity index (χ1) is 13.4. The van der Waals surface area contributed by atoms with Gasteiger partial charge in [-0.15, -0.1) is 11.8 Å². The minimum absolute atomic E-state index is 0.119. The van der Waals surface area contributed by atoms with Crippen molar-refractivity contribution in [1.82, 2.24) is 10.6 Å². The molecular formula is C18H21N3O6S. The van der Waals surface area contributed by atoms with Gasteiger partial charge in [0.1, 0.15) is 11.8 Å². The highest BCUT2D eigenvalue weighted by Crippen LogP contribution is 2.28. The second-order valence-electron chi connectivity index (χ2n) is 5.84. The van der Waals surface area contributed by atoms with E-state index in [1.807, 2.05) is 0 Å². The van der Waals surface area contributed by atoms with Crippen molar-refractivity contribution in [2.75, 3.05) is 12.9 Å². The smallest absolute Gasteiger partial charge is 0.311 e. The molecule has 2 aromatic rings. The summed E-state index contributed by atoms with van der Waals surface area (Å²) in [5, 5.41) is 16.3. The average molecular weight is 407 g/mol. The molecule has 0 aliphatic heterocycles. The van der Waals surface area contributed by atoms with Crippen molar-refractivity contribution in [2.24, 2.45) is 0 Å². The van der Waals surface area contributed by atoms with Crippen molar-refractivity contribution in [2.45, 2.75) is 25.3 Å². The molecule has 10 heteroatoms.